The Balaban J connectivity index is 1.38. The SMILES string of the molecule is Cc1c2c(cc3c1O/C(=C\c1ccc(C(C)(C)C)cc1)C3=O)CN(Cc1ccc(F)cc1)CO2. The molecule has 0 aliphatic carbocycles. The van der Waals surface area contributed by atoms with E-state index in [1.807, 2.05) is 25.1 Å². The van der Waals surface area contributed by atoms with E-state index in [1.165, 1.54) is 17.7 Å². The molecule has 0 bridgehead atoms. The lowest BCUT2D eigenvalue weighted by Gasteiger charge is -2.30. The molecule has 2 aliphatic rings. The highest BCUT2D eigenvalue weighted by molar-refractivity contribution is 6.15. The van der Waals surface area contributed by atoms with Gasteiger partial charge in [0.25, 0.3) is 0 Å². The van der Waals surface area contributed by atoms with E-state index in [4.69, 9.17) is 9.47 Å². The van der Waals surface area contributed by atoms with Gasteiger partial charge in [0.2, 0.25) is 5.78 Å². The molecule has 0 saturated heterocycles. The molecular formula is C29H28FNO3. The Labute approximate surface area is 199 Å². The van der Waals surface area contributed by atoms with Crippen LogP contribution < -0.4 is 9.47 Å². The van der Waals surface area contributed by atoms with Crippen LogP contribution in [0.4, 0.5) is 4.39 Å². The second-order valence-corrected chi connectivity index (χ2v) is 10.1. The van der Waals surface area contributed by atoms with Crippen LogP contribution in [0.2, 0.25) is 0 Å². The largest absolute Gasteiger partial charge is 0.477 e. The summed E-state index contributed by atoms with van der Waals surface area (Å²) in [5.74, 6) is 1.32. The number of ether oxygens (including phenoxy) is 2. The number of rotatable bonds is 3. The van der Waals surface area contributed by atoms with Crippen molar-refractivity contribution in [3.8, 4) is 11.5 Å². The summed E-state index contributed by atoms with van der Waals surface area (Å²) < 4.78 is 25.3. The summed E-state index contributed by atoms with van der Waals surface area (Å²) in [4.78, 5) is 15.3. The smallest absolute Gasteiger partial charge is 0.231 e. The van der Waals surface area contributed by atoms with Crippen molar-refractivity contribution < 1.29 is 18.7 Å². The second kappa shape index (κ2) is 8.41. The number of allylic oxidation sites excluding steroid dienone is 1. The van der Waals surface area contributed by atoms with E-state index < -0.39 is 0 Å². The molecule has 4 nitrogen and oxygen atoms in total. The first-order chi connectivity index (χ1) is 16.2. The molecule has 174 valence electrons. The average molecular weight is 458 g/mol. The number of hydrogen-bond acceptors (Lipinski definition) is 4. The first kappa shape index (κ1) is 22.4. The molecule has 0 fully saturated rings. The summed E-state index contributed by atoms with van der Waals surface area (Å²) >= 11 is 0. The third-order valence-corrected chi connectivity index (χ3v) is 6.40. The fraction of sp³-hybridized carbons (Fsp3) is 0.276. The summed E-state index contributed by atoms with van der Waals surface area (Å²) in [6, 6.07) is 16.6. The highest BCUT2D eigenvalue weighted by Crippen LogP contribution is 2.43. The Kier molecular flexibility index (Phi) is 5.53. The third-order valence-electron chi connectivity index (χ3n) is 6.40. The zero-order valence-corrected chi connectivity index (χ0v) is 19.9. The van der Waals surface area contributed by atoms with Gasteiger partial charge >= 0.3 is 0 Å². The van der Waals surface area contributed by atoms with Gasteiger partial charge in [0.1, 0.15) is 24.0 Å². The van der Waals surface area contributed by atoms with Crippen LogP contribution in [0.15, 0.2) is 60.4 Å². The van der Waals surface area contributed by atoms with Crippen molar-refractivity contribution >= 4 is 11.9 Å². The molecule has 0 radical (unpaired) electrons. The van der Waals surface area contributed by atoms with Crippen LogP contribution in [0.1, 0.15) is 58.9 Å². The van der Waals surface area contributed by atoms with Crippen molar-refractivity contribution in [3.63, 3.8) is 0 Å². The third kappa shape index (κ3) is 4.24. The topological polar surface area (TPSA) is 38.8 Å². The number of nitrogens with zero attached hydrogens (tertiary/aromatic N) is 1. The quantitative estimate of drug-likeness (QED) is 0.427. The fourth-order valence-corrected chi connectivity index (χ4v) is 4.48. The summed E-state index contributed by atoms with van der Waals surface area (Å²) in [5, 5.41) is 0. The van der Waals surface area contributed by atoms with E-state index in [0.717, 1.165) is 28.0 Å². The molecule has 0 aromatic heterocycles. The van der Waals surface area contributed by atoms with Gasteiger partial charge in [-0.2, -0.15) is 0 Å². The molecule has 0 saturated carbocycles. The molecule has 0 atom stereocenters. The molecule has 0 N–H and O–H groups in total. The van der Waals surface area contributed by atoms with E-state index in [9.17, 15) is 9.18 Å². The minimum atomic E-state index is -0.248. The number of Topliss-reactive ketones (excluding diaryl/α,β-unsaturated/α-hetero) is 1. The van der Waals surface area contributed by atoms with Crippen LogP contribution in [0.5, 0.6) is 11.5 Å². The average Bonchev–Trinajstić information content (AvgIpc) is 3.11. The van der Waals surface area contributed by atoms with E-state index in [-0.39, 0.29) is 17.0 Å². The molecule has 0 unspecified atom stereocenters. The van der Waals surface area contributed by atoms with Gasteiger partial charge in [0.15, 0.2) is 5.76 Å². The molecule has 34 heavy (non-hydrogen) atoms. The molecule has 5 rings (SSSR count). The normalized spacial score (nSPS) is 16.7. The van der Waals surface area contributed by atoms with Crippen LogP contribution in [0, 0.1) is 12.7 Å². The van der Waals surface area contributed by atoms with Crippen molar-refractivity contribution in [2.75, 3.05) is 6.73 Å². The molecule has 0 amide bonds. The Morgan fingerprint density at radius 2 is 1.74 bits per heavy atom. The molecule has 3 aromatic rings. The lowest BCUT2D eigenvalue weighted by Crippen LogP contribution is -2.32. The van der Waals surface area contributed by atoms with Gasteiger partial charge in [0.05, 0.1) is 5.56 Å². The number of hydrogen-bond donors (Lipinski definition) is 0. The highest BCUT2D eigenvalue weighted by Gasteiger charge is 2.33. The summed E-state index contributed by atoms with van der Waals surface area (Å²) in [7, 11) is 0. The summed E-state index contributed by atoms with van der Waals surface area (Å²) in [6.45, 7) is 10.1. The lowest BCUT2D eigenvalue weighted by atomic mass is 9.86. The maximum Gasteiger partial charge on any atom is 0.231 e. The zero-order valence-electron chi connectivity index (χ0n) is 19.9. The maximum atomic E-state index is 13.2. The fourth-order valence-electron chi connectivity index (χ4n) is 4.48. The zero-order chi connectivity index (χ0) is 24.0. The predicted octanol–water partition coefficient (Wildman–Crippen LogP) is 6.40. The number of carbonyl (C=O) groups is 1. The number of carbonyl (C=O) groups excluding carboxylic acids is 1. The predicted molar refractivity (Wildman–Crippen MR) is 130 cm³/mol. The van der Waals surface area contributed by atoms with Gasteiger partial charge in [0, 0.05) is 24.2 Å². The second-order valence-electron chi connectivity index (χ2n) is 10.1. The number of halogens is 1. The van der Waals surface area contributed by atoms with Crippen LogP contribution in [0.3, 0.4) is 0 Å². The Morgan fingerprint density at radius 3 is 2.41 bits per heavy atom. The van der Waals surface area contributed by atoms with E-state index in [2.05, 4.69) is 37.8 Å². The molecule has 2 aliphatic heterocycles. The standard InChI is InChI=1S/C29H28FNO3/c1-18-27-21(16-31(17-33-27)15-20-7-11-23(30)12-8-20)14-24-26(32)25(34-28(18)24)13-19-5-9-22(10-6-19)29(2,3)4/h5-14H,15-17H2,1-4H3/b25-13-. The Hall–Kier alpha value is -3.44. The monoisotopic (exact) mass is 457 g/mol. The van der Waals surface area contributed by atoms with Crippen molar-refractivity contribution in [2.24, 2.45) is 0 Å². The van der Waals surface area contributed by atoms with E-state index >= 15 is 0 Å². The van der Waals surface area contributed by atoms with Crippen molar-refractivity contribution in [3.05, 3.63) is 99.6 Å². The van der Waals surface area contributed by atoms with Crippen molar-refractivity contribution in [2.45, 2.75) is 46.2 Å². The van der Waals surface area contributed by atoms with Gasteiger partial charge in [-0.3, -0.25) is 9.69 Å². The molecule has 5 heteroatoms. The molecular weight excluding hydrogens is 429 g/mol. The van der Waals surface area contributed by atoms with Crippen LogP contribution >= 0.6 is 0 Å². The van der Waals surface area contributed by atoms with Gasteiger partial charge in [-0.15, -0.1) is 0 Å². The summed E-state index contributed by atoms with van der Waals surface area (Å²) in [5.41, 5.74) is 5.61. The van der Waals surface area contributed by atoms with Crippen molar-refractivity contribution in [1.82, 2.24) is 4.90 Å². The van der Waals surface area contributed by atoms with E-state index in [0.29, 0.717) is 36.9 Å². The van der Waals surface area contributed by atoms with E-state index in [1.54, 1.807) is 18.2 Å². The Morgan fingerprint density at radius 1 is 1.03 bits per heavy atom. The summed E-state index contributed by atoms with van der Waals surface area (Å²) in [6.07, 6.45) is 1.80. The highest BCUT2D eigenvalue weighted by atomic mass is 19.1. The number of ketones is 1. The lowest BCUT2D eigenvalue weighted by molar-refractivity contribution is 0.0876. The molecule has 2 heterocycles. The number of benzene rings is 3. The van der Waals surface area contributed by atoms with Crippen LogP contribution in [-0.2, 0) is 18.5 Å². The minimum absolute atomic E-state index is 0.0718. The van der Waals surface area contributed by atoms with Gasteiger partial charge in [-0.1, -0.05) is 57.2 Å². The first-order valence-electron chi connectivity index (χ1n) is 11.5. The number of fused-ring (bicyclic) bond motifs is 2. The minimum Gasteiger partial charge on any atom is -0.477 e. The molecule has 0 spiro atoms. The van der Waals surface area contributed by atoms with Crippen molar-refractivity contribution in [1.29, 1.82) is 0 Å². The van der Waals surface area contributed by atoms with Crippen LogP contribution in [-0.4, -0.2) is 17.4 Å². The van der Waals surface area contributed by atoms with Gasteiger partial charge < -0.3 is 9.47 Å². The van der Waals surface area contributed by atoms with Gasteiger partial charge in [-0.25, -0.2) is 4.39 Å². The first-order valence-corrected chi connectivity index (χ1v) is 11.5. The maximum absolute atomic E-state index is 13.2. The van der Waals surface area contributed by atoms with Crippen LogP contribution in [0.25, 0.3) is 6.08 Å². The Bertz CT molecular complexity index is 1280. The molecule has 3 aromatic carbocycles. The van der Waals surface area contributed by atoms with Gasteiger partial charge in [-0.05, 0) is 53.3 Å².